The SMILES string of the molecule is CC(C)(CCc1ccccc1)NC(=O)NN. The third-order valence-electron chi connectivity index (χ3n) is 2.46. The van der Waals surface area contributed by atoms with Crippen molar-refractivity contribution in [1.82, 2.24) is 10.7 Å². The minimum Gasteiger partial charge on any atom is -0.332 e. The molecule has 16 heavy (non-hydrogen) atoms. The molecule has 0 aliphatic carbocycles. The van der Waals surface area contributed by atoms with E-state index in [1.165, 1.54) is 5.56 Å². The van der Waals surface area contributed by atoms with Crippen molar-refractivity contribution in [3.05, 3.63) is 35.9 Å². The monoisotopic (exact) mass is 221 g/mol. The maximum atomic E-state index is 11.1. The highest BCUT2D eigenvalue weighted by atomic mass is 16.2. The number of hydrazine groups is 1. The molecule has 0 fully saturated rings. The van der Waals surface area contributed by atoms with Crippen molar-refractivity contribution >= 4 is 6.03 Å². The van der Waals surface area contributed by atoms with Gasteiger partial charge in [-0.3, -0.25) is 5.43 Å². The lowest BCUT2D eigenvalue weighted by atomic mass is 9.95. The van der Waals surface area contributed by atoms with Crippen molar-refractivity contribution in [2.75, 3.05) is 0 Å². The van der Waals surface area contributed by atoms with Crippen LogP contribution in [0.25, 0.3) is 0 Å². The van der Waals surface area contributed by atoms with Crippen LogP contribution in [0.2, 0.25) is 0 Å². The van der Waals surface area contributed by atoms with Gasteiger partial charge in [0, 0.05) is 5.54 Å². The number of hydrogen-bond donors (Lipinski definition) is 3. The number of hydrogen-bond acceptors (Lipinski definition) is 2. The molecule has 0 unspecified atom stereocenters. The zero-order valence-electron chi connectivity index (χ0n) is 9.79. The third kappa shape index (κ3) is 4.31. The van der Waals surface area contributed by atoms with E-state index < -0.39 is 0 Å². The number of carbonyl (C=O) groups excluding carboxylic acids is 1. The lowest BCUT2D eigenvalue weighted by Crippen LogP contribution is -2.50. The number of aryl methyl sites for hydroxylation is 1. The Morgan fingerprint density at radius 2 is 1.94 bits per heavy atom. The molecule has 0 aromatic heterocycles. The second kappa shape index (κ2) is 5.51. The molecule has 0 saturated heterocycles. The number of nitrogens with one attached hydrogen (secondary N) is 2. The maximum Gasteiger partial charge on any atom is 0.329 e. The predicted octanol–water partition coefficient (Wildman–Crippen LogP) is 1.57. The van der Waals surface area contributed by atoms with Crippen molar-refractivity contribution in [3.8, 4) is 0 Å². The number of nitrogens with two attached hydrogens (primary N) is 1. The van der Waals surface area contributed by atoms with Gasteiger partial charge in [0.25, 0.3) is 0 Å². The first-order valence-corrected chi connectivity index (χ1v) is 5.36. The van der Waals surface area contributed by atoms with Gasteiger partial charge in [0.05, 0.1) is 0 Å². The molecule has 0 spiro atoms. The van der Waals surface area contributed by atoms with Gasteiger partial charge in [-0.05, 0) is 32.3 Å². The number of urea groups is 1. The zero-order valence-corrected chi connectivity index (χ0v) is 9.79. The Morgan fingerprint density at radius 1 is 1.31 bits per heavy atom. The first-order valence-electron chi connectivity index (χ1n) is 5.36. The van der Waals surface area contributed by atoms with Crippen LogP contribution in [-0.2, 0) is 6.42 Å². The van der Waals surface area contributed by atoms with Crippen molar-refractivity contribution in [3.63, 3.8) is 0 Å². The highest BCUT2D eigenvalue weighted by Gasteiger charge is 2.19. The van der Waals surface area contributed by atoms with Crippen molar-refractivity contribution in [1.29, 1.82) is 0 Å². The average molecular weight is 221 g/mol. The van der Waals surface area contributed by atoms with Gasteiger partial charge in [0.15, 0.2) is 0 Å². The Kier molecular flexibility index (Phi) is 4.31. The molecule has 0 radical (unpaired) electrons. The van der Waals surface area contributed by atoms with Gasteiger partial charge in [0.2, 0.25) is 0 Å². The van der Waals surface area contributed by atoms with Crippen LogP contribution in [0.4, 0.5) is 4.79 Å². The lowest BCUT2D eigenvalue weighted by Gasteiger charge is -2.25. The van der Waals surface area contributed by atoms with Gasteiger partial charge in [0.1, 0.15) is 0 Å². The Hall–Kier alpha value is -1.55. The topological polar surface area (TPSA) is 67.2 Å². The largest absolute Gasteiger partial charge is 0.332 e. The fourth-order valence-electron chi connectivity index (χ4n) is 1.51. The Bertz CT molecular complexity index is 335. The summed E-state index contributed by atoms with van der Waals surface area (Å²) in [5.74, 6) is 5.02. The van der Waals surface area contributed by atoms with Crippen LogP contribution in [-0.4, -0.2) is 11.6 Å². The smallest absolute Gasteiger partial charge is 0.329 e. The van der Waals surface area contributed by atoms with Crippen molar-refractivity contribution in [2.24, 2.45) is 5.84 Å². The van der Waals surface area contributed by atoms with Crippen LogP contribution in [0.1, 0.15) is 25.8 Å². The standard InChI is InChI=1S/C12H19N3O/c1-12(2,14-11(16)15-13)9-8-10-6-4-3-5-7-10/h3-7H,8-9,13H2,1-2H3,(H2,14,15,16). The summed E-state index contributed by atoms with van der Waals surface area (Å²) in [4.78, 5) is 11.1. The van der Waals surface area contributed by atoms with Gasteiger partial charge in [-0.2, -0.15) is 0 Å². The van der Waals surface area contributed by atoms with Gasteiger partial charge in [-0.1, -0.05) is 30.3 Å². The summed E-state index contributed by atoms with van der Waals surface area (Å²) >= 11 is 0. The zero-order chi connectivity index (χ0) is 12.0. The fourth-order valence-corrected chi connectivity index (χ4v) is 1.51. The van der Waals surface area contributed by atoms with E-state index in [1.54, 1.807) is 0 Å². The normalized spacial score (nSPS) is 10.9. The van der Waals surface area contributed by atoms with E-state index in [9.17, 15) is 4.79 Å². The van der Waals surface area contributed by atoms with Crippen LogP contribution in [0.5, 0.6) is 0 Å². The Morgan fingerprint density at radius 3 is 2.50 bits per heavy atom. The predicted molar refractivity (Wildman–Crippen MR) is 64.7 cm³/mol. The molecule has 1 rings (SSSR count). The summed E-state index contributed by atoms with van der Waals surface area (Å²) in [5, 5.41) is 2.80. The molecule has 0 bridgehead atoms. The molecule has 88 valence electrons. The van der Waals surface area contributed by atoms with E-state index in [-0.39, 0.29) is 11.6 Å². The molecule has 1 aromatic carbocycles. The molecule has 0 aliphatic rings. The van der Waals surface area contributed by atoms with Gasteiger partial charge < -0.3 is 5.32 Å². The van der Waals surface area contributed by atoms with E-state index in [4.69, 9.17) is 5.84 Å². The summed E-state index contributed by atoms with van der Waals surface area (Å²) < 4.78 is 0. The van der Waals surface area contributed by atoms with Crippen LogP contribution in [0, 0.1) is 0 Å². The van der Waals surface area contributed by atoms with Crippen LogP contribution < -0.4 is 16.6 Å². The average Bonchev–Trinajstić information content (AvgIpc) is 2.27. The number of benzene rings is 1. The fraction of sp³-hybridized carbons (Fsp3) is 0.417. The van der Waals surface area contributed by atoms with E-state index in [0.717, 1.165) is 12.8 Å². The minimum absolute atomic E-state index is 0.265. The third-order valence-corrected chi connectivity index (χ3v) is 2.46. The molecule has 4 nitrogen and oxygen atoms in total. The molecule has 0 heterocycles. The summed E-state index contributed by atoms with van der Waals surface area (Å²) in [7, 11) is 0. The Labute approximate surface area is 96.2 Å². The molecular weight excluding hydrogens is 202 g/mol. The van der Waals surface area contributed by atoms with E-state index >= 15 is 0 Å². The number of carbonyl (C=O) groups is 1. The summed E-state index contributed by atoms with van der Waals surface area (Å²) in [6, 6.07) is 9.84. The molecule has 4 N–H and O–H groups in total. The molecular formula is C12H19N3O. The molecule has 0 saturated carbocycles. The molecule has 4 heteroatoms. The van der Waals surface area contributed by atoms with Crippen LogP contribution >= 0.6 is 0 Å². The molecule has 0 aliphatic heterocycles. The molecule has 1 aromatic rings. The number of rotatable bonds is 4. The van der Waals surface area contributed by atoms with Crippen molar-refractivity contribution < 1.29 is 4.79 Å². The quantitative estimate of drug-likeness (QED) is 0.410. The summed E-state index contributed by atoms with van der Waals surface area (Å²) in [6.45, 7) is 3.95. The minimum atomic E-state index is -0.349. The second-order valence-electron chi connectivity index (χ2n) is 4.47. The highest BCUT2D eigenvalue weighted by Crippen LogP contribution is 2.13. The first kappa shape index (κ1) is 12.5. The lowest BCUT2D eigenvalue weighted by molar-refractivity contribution is 0.228. The van der Waals surface area contributed by atoms with Crippen LogP contribution in [0.3, 0.4) is 0 Å². The maximum absolute atomic E-state index is 11.1. The van der Waals surface area contributed by atoms with Gasteiger partial charge in [-0.15, -0.1) is 0 Å². The summed E-state index contributed by atoms with van der Waals surface area (Å²) in [5.41, 5.74) is 3.07. The van der Waals surface area contributed by atoms with Crippen molar-refractivity contribution in [2.45, 2.75) is 32.2 Å². The number of amides is 2. The van der Waals surface area contributed by atoms with E-state index in [1.807, 2.05) is 32.0 Å². The first-order chi connectivity index (χ1) is 7.53. The van der Waals surface area contributed by atoms with E-state index in [0.29, 0.717) is 0 Å². The Balaban J connectivity index is 2.44. The van der Waals surface area contributed by atoms with Gasteiger partial charge >= 0.3 is 6.03 Å². The molecule has 0 atom stereocenters. The highest BCUT2D eigenvalue weighted by molar-refractivity contribution is 5.73. The van der Waals surface area contributed by atoms with Gasteiger partial charge in [-0.25, -0.2) is 10.6 Å². The second-order valence-corrected chi connectivity index (χ2v) is 4.47. The molecule has 2 amide bonds. The van der Waals surface area contributed by atoms with Crippen LogP contribution in [0.15, 0.2) is 30.3 Å². The summed E-state index contributed by atoms with van der Waals surface area (Å²) in [6.07, 6.45) is 1.79. The van der Waals surface area contributed by atoms with E-state index in [2.05, 4.69) is 22.9 Å².